The largest absolute Gasteiger partial charge is 0.143 e. The second kappa shape index (κ2) is 7.80. The Labute approximate surface area is 166 Å². The Morgan fingerprint density at radius 1 is 1.19 bits per heavy atom. The van der Waals surface area contributed by atoms with Crippen LogP contribution in [0.2, 0.25) is 0 Å². The molecule has 0 aliphatic heterocycles. The first-order valence-corrected chi connectivity index (χ1v) is 10.3. The zero-order chi connectivity index (χ0) is 19.7. The molecule has 0 amide bonds. The Balaban J connectivity index is 2.49. The summed E-state index contributed by atoms with van der Waals surface area (Å²) in [6, 6.07) is 6.62. The van der Waals surface area contributed by atoms with Crippen molar-refractivity contribution in [1.82, 2.24) is 0 Å². The lowest BCUT2D eigenvalue weighted by Crippen LogP contribution is -2.35. The normalized spacial score (nSPS) is 21.1. The van der Waals surface area contributed by atoms with Crippen molar-refractivity contribution in [3.8, 4) is 0 Å². The van der Waals surface area contributed by atoms with Crippen LogP contribution >= 0.6 is 12.6 Å². The maximum atomic E-state index is 4.54. The number of allylic oxidation sites excluding steroid dienone is 6. The van der Waals surface area contributed by atoms with E-state index in [4.69, 9.17) is 0 Å². The van der Waals surface area contributed by atoms with Gasteiger partial charge in [-0.3, -0.25) is 0 Å². The molecule has 0 radical (unpaired) electrons. The van der Waals surface area contributed by atoms with E-state index in [0.717, 1.165) is 11.3 Å². The van der Waals surface area contributed by atoms with Crippen molar-refractivity contribution in [3.05, 3.63) is 58.7 Å². The topological polar surface area (TPSA) is 0 Å². The van der Waals surface area contributed by atoms with Gasteiger partial charge in [-0.15, -0.1) is 12.6 Å². The third-order valence-electron chi connectivity index (χ3n) is 6.26. The molecule has 0 heterocycles. The van der Waals surface area contributed by atoms with E-state index in [-0.39, 0.29) is 10.8 Å². The second-order valence-corrected chi connectivity index (χ2v) is 9.85. The van der Waals surface area contributed by atoms with Gasteiger partial charge in [0.1, 0.15) is 0 Å². The van der Waals surface area contributed by atoms with Gasteiger partial charge in [0.15, 0.2) is 0 Å². The summed E-state index contributed by atoms with van der Waals surface area (Å²) in [6.07, 6.45) is 9.47. The van der Waals surface area contributed by atoms with Crippen molar-refractivity contribution in [3.63, 3.8) is 0 Å². The molecule has 2 rings (SSSR count). The summed E-state index contributed by atoms with van der Waals surface area (Å²) >= 11 is 4.54. The van der Waals surface area contributed by atoms with Crippen molar-refractivity contribution in [2.24, 2.45) is 16.7 Å². The number of hydrogen-bond donors (Lipinski definition) is 1. The Bertz CT molecular complexity index is 755. The second-order valence-electron chi connectivity index (χ2n) is 9.37. The molecule has 0 saturated carbocycles. The molecule has 0 saturated heterocycles. The van der Waals surface area contributed by atoms with Crippen LogP contribution in [0.5, 0.6) is 0 Å². The van der Waals surface area contributed by atoms with Gasteiger partial charge in [0.2, 0.25) is 0 Å². The summed E-state index contributed by atoms with van der Waals surface area (Å²) in [5, 5.41) is 0. The van der Waals surface area contributed by atoms with Gasteiger partial charge in [-0.2, -0.15) is 0 Å². The highest BCUT2D eigenvalue weighted by Crippen LogP contribution is 2.52. The molecule has 0 spiro atoms. The Morgan fingerprint density at radius 3 is 2.35 bits per heavy atom. The fourth-order valence-electron chi connectivity index (χ4n) is 4.00. The number of rotatable bonds is 4. The molecule has 1 heteroatoms. The molecule has 0 aromatic heterocycles. The third-order valence-corrected chi connectivity index (χ3v) is 6.76. The van der Waals surface area contributed by atoms with Gasteiger partial charge in [-0.1, -0.05) is 70.6 Å². The predicted molar refractivity (Wildman–Crippen MR) is 120 cm³/mol. The zero-order valence-corrected chi connectivity index (χ0v) is 18.8. The minimum atomic E-state index is 0.0817. The highest BCUT2D eigenvalue weighted by molar-refractivity contribution is 7.80. The standard InChI is InChI=1S/C25H36S/c1-9-20(21-10-11-23(26)19(4)15-21)16-25(8,24(5,6)7)22-13-17(2)12-18(3)14-22/h9-11,13-15,17,26H,12,16H2,1-8H3. The zero-order valence-electron chi connectivity index (χ0n) is 17.9. The number of hydrogen-bond acceptors (Lipinski definition) is 1. The fraction of sp³-hybridized carbons (Fsp3) is 0.520. The average Bonchev–Trinajstić information content (AvgIpc) is 2.53. The fourth-order valence-corrected chi connectivity index (χ4v) is 4.14. The van der Waals surface area contributed by atoms with Gasteiger partial charge >= 0.3 is 0 Å². The molecular weight excluding hydrogens is 332 g/mol. The van der Waals surface area contributed by atoms with Crippen molar-refractivity contribution in [2.45, 2.75) is 73.1 Å². The first-order chi connectivity index (χ1) is 12.0. The van der Waals surface area contributed by atoms with Crippen LogP contribution in [0.1, 0.15) is 72.4 Å². The van der Waals surface area contributed by atoms with Gasteiger partial charge < -0.3 is 0 Å². The number of benzene rings is 1. The molecule has 0 fully saturated rings. The molecular formula is C25H36S. The minimum Gasteiger partial charge on any atom is -0.143 e. The first kappa shape index (κ1) is 21.1. The molecule has 0 bridgehead atoms. The molecule has 1 aliphatic rings. The van der Waals surface area contributed by atoms with E-state index < -0.39 is 0 Å². The van der Waals surface area contributed by atoms with E-state index in [9.17, 15) is 0 Å². The van der Waals surface area contributed by atoms with Crippen LogP contribution in [-0.2, 0) is 0 Å². The average molecular weight is 369 g/mol. The van der Waals surface area contributed by atoms with Crippen molar-refractivity contribution in [2.75, 3.05) is 0 Å². The summed E-state index contributed by atoms with van der Waals surface area (Å²) in [5.41, 5.74) is 7.24. The molecule has 1 aliphatic carbocycles. The van der Waals surface area contributed by atoms with E-state index in [0.29, 0.717) is 5.92 Å². The van der Waals surface area contributed by atoms with Gasteiger partial charge in [0.05, 0.1) is 0 Å². The maximum Gasteiger partial charge on any atom is 0.00696 e. The Morgan fingerprint density at radius 2 is 1.85 bits per heavy atom. The van der Waals surface area contributed by atoms with Gasteiger partial charge in [-0.05, 0) is 73.3 Å². The predicted octanol–water partition coefficient (Wildman–Crippen LogP) is 8.04. The number of thiol groups is 1. The molecule has 2 atom stereocenters. The highest BCUT2D eigenvalue weighted by Gasteiger charge is 2.41. The van der Waals surface area contributed by atoms with Crippen LogP contribution in [0.15, 0.2) is 52.5 Å². The summed E-state index contributed by atoms with van der Waals surface area (Å²) in [5.74, 6) is 0.622. The minimum absolute atomic E-state index is 0.0817. The molecule has 0 N–H and O–H groups in total. The van der Waals surface area contributed by atoms with Crippen LogP contribution < -0.4 is 0 Å². The molecule has 142 valence electrons. The number of aryl methyl sites for hydroxylation is 1. The summed E-state index contributed by atoms with van der Waals surface area (Å²) in [7, 11) is 0. The summed E-state index contributed by atoms with van der Waals surface area (Å²) in [6.45, 7) is 18.5. The van der Waals surface area contributed by atoms with Gasteiger partial charge in [-0.25, -0.2) is 0 Å². The van der Waals surface area contributed by atoms with E-state index in [1.165, 1.54) is 34.3 Å². The van der Waals surface area contributed by atoms with Gasteiger partial charge in [0, 0.05) is 10.3 Å². The molecule has 2 unspecified atom stereocenters. The first-order valence-electron chi connectivity index (χ1n) is 9.82. The van der Waals surface area contributed by atoms with Gasteiger partial charge in [0.25, 0.3) is 0 Å². The van der Waals surface area contributed by atoms with E-state index in [1.54, 1.807) is 0 Å². The Hall–Kier alpha value is -1.21. The highest BCUT2D eigenvalue weighted by atomic mass is 32.1. The van der Waals surface area contributed by atoms with Crippen LogP contribution in [0, 0.1) is 23.7 Å². The van der Waals surface area contributed by atoms with Crippen molar-refractivity contribution in [1.29, 1.82) is 0 Å². The van der Waals surface area contributed by atoms with E-state index in [1.807, 2.05) is 0 Å². The summed E-state index contributed by atoms with van der Waals surface area (Å²) < 4.78 is 0. The third kappa shape index (κ3) is 4.36. The monoisotopic (exact) mass is 368 g/mol. The van der Waals surface area contributed by atoms with Crippen LogP contribution in [0.3, 0.4) is 0 Å². The molecule has 26 heavy (non-hydrogen) atoms. The quantitative estimate of drug-likeness (QED) is 0.511. The van der Waals surface area contributed by atoms with E-state index in [2.05, 4.69) is 104 Å². The smallest absolute Gasteiger partial charge is 0.00696 e. The maximum absolute atomic E-state index is 4.54. The molecule has 0 nitrogen and oxygen atoms in total. The van der Waals surface area contributed by atoms with Crippen molar-refractivity contribution < 1.29 is 0 Å². The van der Waals surface area contributed by atoms with Crippen molar-refractivity contribution >= 4 is 18.2 Å². The lowest BCUT2D eigenvalue weighted by Gasteiger charge is -2.45. The lowest BCUT2D eigenvalue weighted by molar-refractivity contribution is 0.162. The van der Waals surface area contributed by atoms with Crippen LogP contribution in [-0.4, -0.2) is 0 Å². The van der Waals surface area contributed by atoms with E-state index >= 15 is 0 Å². The van der Waals surface area contributed by atoms with Crippen LogP contribution in [0.4, 0.5) is 0 Å². The SMILES string of the molecule is CC=C(CC(C)(C1=CC(C)CC(C)=C1)C(C)(C)C)c1ccc(S)c(C)c1. The molecule has 1 aromatic rings. The lowest BCUT2D eigenvalue weighted by atomic mass is 9.59. The molecule has 1 aromatic carbocycles. The Kier molecular flexibility index (Phi) is 6.33. The van der Waals surface area contributed by atoms with Crippen LogP contribution in [0.25, 0.3) is 5.57 Å². The summed E-state index contributed by atoms with van der Waals surface area (Å²) in [4.78, 5) is 1.06.